The Kier molecular flexibility index (Phi) is 4.93. The van der Waals surface area contributed by atoms with Gasteiger partial charge in [-0.15, -0.1) is 0 Å². The van der Waals surface area contributed by atoms with Gasteiger partial charge in [-0.1, -0.05) is 58.9 Å². The fourth-order valence-electron chi connectivity index (χ4n) is 2.44. The lowest BCUT2D eigenvalue weighted by Gasteiger charge is -2.19. The summed E-state index contributed by atoms with van der Waals surface area (Å²) >= 11 is 0. The van der Waals surface area contributed by atoms with Gasteiger partial charge in [-0.3, -0.25) is 14.9 Å². The normalized spacial score (nSPS) is 19.8. The number of carbonyl (C=O) groups is 2. The van der Waals surface area contributed by atoms with Crippen LogP contribution in [0.15, 0.2) is 36.2 Å². The molecule has 0 aromatic heterocycles. The van der Waals surface area contributed by atoms with Crippen LogP contribution in [-0.4, -0.2) is 17.8 Å². The molecule has 1 heterocycles. The van der Waals surface area contributed by atoms with E-state index < -0.39 is 6.10 Å². The Morgan fingerprint density at radius 2 is 1.87 bits per heavy atom. The van der Waals surface area contributed by atoms with Crippen LogP contribution in [0.3, 0.4) is 0 Å². The fourth-order valence-corrected chi connectivity index (χ4v) is 2.44. The summed E-state index contributed by atoms with van der Waals surface area (Å²) in [6, 6.07) is 8.06. The van der Waals surface area contributed by atoms with E-state index >= 15 is 0 Å². The van der Waals surface area contributed by atoms with Crippen molar-refractivity contribution in [1.82, 2.24) is 5.32 Å². The summed E-state index contributed by atoms with van der Waals surface area (Å²) in [6.07, 6.45) is 1.15. The SMILES string of the molecule is CC(C)[C@@H]1O/C(=C/C(=O)Cc2ccc(C(C)(C)C)cc2)NC1=O. The topological polar surface area (TPSA) is 55.4 Å². The molecular weight excluding hydrogens is 290 g/mol. The highest BCUT2D eigenvalue weighted by Gasteiger charge is 2.32. The van der Waals surface area contributed by atoms with E-state index in [4.69, 9.17) is 4.74 Å². The Balaban J connectivity index is 2.00. The van der Waals surface area contributed by atoms with Gasteiger partial charge in [0.2, 0.25) is 0 Å². The summed E-state index contributed by atoms with van der Waals surface area (Å²) < 4.78 is 5.49. The molecule has 1 aliphatic rings. The third kappa shape index (κ3) is 4.44. The van der Waals surface area contributed by atoms with Crippen molar-refractivity contribution in [1.29, 1.82) is 0 Å². The molecular formula is C19H25NO3. The Morgan fingerprint density at radius 3 is 2.35 bits per heavy atom. The van der Waals surface area contributed by atoms with Crippen molar-refractivity contribution in [3.8, 4) is 0 Å². The Morgan fingerprint density at radius 1 is 1.26 bits per heavy atom. The molecule has 1 N–H and O–H groups in total. The van der Waals surface area contributed by atoms with E-state index in [1.165, 1.54) is 11.6 Å². The number of ketones is 1. The van der Waals surface area contributed by atoms with Crippen molar-refractivity contribution < 1.29 is 14.3 Å². The lowest BCUT2D eigenvalue weighted by molar-refractivity contribution is -0.125. The average Bonchev–Trinajstić information content (AvgIpc) is 2.79. The molecule has 1 aromatic carbocycles. The van der Waals surface area contributed by atoms with Crippen molar-refractivity contribution in [2.45, 2.75) is 52.6 Å². The highest BCUT2D eigenvalue weighted by atomic mass is 16.5. The highest BCUT2D eigenvalue weighted by molar-refractivity contribution is 5.93. The predicted molar refractivity (Wildman–Crippen MR) is 89.8 cm³/mol. The minimum Gasteiger partial charge on any atom is -0.465 e. The molecule has 4 nitrogen and oxygen atoms in total. The molecule has 1 aromatic rings. The predicted octanol–water partition coefficient (Wildman–Crippen LogP) is 3.11. The van der Waals surface area contributed by atoms with Gasteiger partial charge in [-0.25, -0.2) is 0 Å². The monoisotopic (exact) mass is 315 g/mol. The first-order valence-electron chi connectivity index (χ1n) is 7.98. The zero-order valence-electron chi connectivity index (χ0n) is 14.5. The summed E-state index contributed by atoms with van der Waals surface area (Å²) in [7, 11) is 0. The number of ether oxygens (including phenoxy) is 1. The van der Waals surface area contributed by atoms with Crippen molar-refractivity contribution in [3.63, 3.8) is 0 Å². The summed E-state index contributed by atoms with van der Waals surface area (Å²) in [6.45, 7) is 10.3. The maximum absolute atomic E-state index is 12.1. The van der Waals surface area contributed by atoms with E-state index in [9.17, 15) is 9.59 Å². The molecule has 0 unspecified atom stereocenters. The van der Waals surface area contributed by atoms with Crippen molar-refractivity contribution in [2.75, 3.05) is 0 Å². The molecule has 0 spiro atoms. The molecule has 0 radical (unpaired) electrons. The number of allylic oxidation sites excluding steroid dienone is 1. The van der Waals surface area contributed by atoms with Crippen LogP contribution < -0.4 is 5.32 Å². The zero-order chi connectivity index (χ0) is 17.2. The second-order valence-electron chi connectivity index (χ2n) is 7.37. The second-order valence-corrected chi connectivity index (χ2v) is 7.37. The molecule has 2 rings (SSSR count). The summed E-state index contributed by atoms with van der Waals surface area (Å²) in [5.74, 6) is 0.0488. The number of hydrogen-bond acceptors (Lipinski definition) is 3. The standard InChI is InChI=1S/C19H25NO3/c1-12(2)17-18(22)20-16(23-17)11-15(21)10-13-6-8-14(9-7-13)19(3,4)5/h6-9,11-12,17H,10H2,1-5H3,(H,20,22)/b16-11+/t17-/m0/s1. The average molecular weight is 315 g/mol. The van der Waals surface area contributed by atoms with Crippen LogP contribution in [0.1, 0.15) is 45.7 Å². The second kappa shape index (κ2) is 6.57. The minimum atomic E-state index is -0.514. The van der Waals surface area contributed by atoms with E-state index in [2.05, 4.69) is 38.2 Å². The lowest BCUT2D eigenvalue weighted by Crippen LogP contribution is -2.27. The van der Waals surface area contributed by atoms with E-state index in [-0.39, 0.29) is 28.9 Å². The van der Waals surface area contributed by atoms with Gasteiger partial charge in [-0.2, -0.15) is 0 Å². The quantitative estimate of drug-likeness (QED) is 0.869. The van der Waals surface area contributed by atoms with Crippen LogP contribution in [0.4, 0.5) is 0 Å². The maximum atomic E-state index is 12.1. The first-order valence-corrected chi connectivity index (χ1v) is 7.98. The molecule has 0 saturated carbocycles. The molecule has 23 heavy (non-hydrogen) atoms. The maximum Gasteiger partial charge on any atom is 0.268 e. The summed E-state index contributed by atoms with van der Waals surface area (Å²) in [5.41, 5.74) is 2.28. The Bertz CT molecular complexity index is 621. The fraction of sp³-hybridized carbons (Fsp3) is 0.474. The van der Waals surface area contributed by atoms with E-state index in [0.29, 0.717) is 6.42 Å². The minimum absolute atomic E-state index is 0.0703. The van der Waals surface area contributed by atoms with Gasteiger partial charge in [0.25, 0.3) is 5.91 Å². The van der Waals surface area contributed by atoms with Crippen molar-refractivity contribution >= 4 is 11.7 Å². The molecule has 1 aliphatic heterocycles. The molecule has 1 fully saturated rings. The molecule has 124 valence electrons. The molecule has 4 heteroatoms. The molecule has 0 aliphatic carbocycles. The Labute approximate surface area is 137 Å². The van der Waals surface area contributed by atoms with Gasteiger partial charge < -0.3 is 4.74 Å². The van der Waals surface area contributed by atoms with Gasteiger partial charge in [0, 0.05) is 12.5 Å². The lowest BCUT2D eigenvalue weighted by atomic mass is 9.86. The Hall–Kier alpha value is -2.10. The third-order valence-electron chi connectivity index (χ3n) is 3.85. The smallest absolute Gasteiger partial charge is 0.268 e. The number of nitrogens with one attached hydrogen (secondary N) is 1. The third-order valence-corrected chi connectivity index (χ3v) is 3.85. The van der Waals surface area contributed by atoms with E-state index in [1.807, 2.05) is 26.0 Å². The first-order chi connectivity index (χ1) is 10.7. The number of hydrogen-bond donors (Lipinski definition) is 1. The van der Waals surface area contributed by atoms with E-state index in [1.54, 1.807) is 0 Å². The number of benzene rings is 1. The van der Waals surface area contributed by atoms with Crippen LogP contribution in [0, 0.1) is 5.92 Å². The van der Waals surface area contributed by atoms with Crippen LogP contribution in [-0.2, 0) is 26.2 Å². The van der Waals surface area contributed by atoms with Gasteiger partial charge in [0.1, 0.15) is 0 Å². The highest BCUT2D eigenvalue weighted by Crippen LogP contribution is 2.22. The number of rotatable bonds is 4. The van der Waals surface area contributed by atoms with Crippen molar-refractivity contribution in [3.05, 3.63) is 47.4 Å². The largest absolute Gasteiger partial charge is 0.465 e. The van der Waals surface area contributed by atoms with Crippen LogP contribution >= 0.6 is 0 Å². The zero-order valence-corrected chi connectivity index (χ0v) is 14.5. The van der Waals surface area contributed by atoms with Gasteiger partial charge in [-0.05, 0) is 22.5 Å². The van der Waals surface area contributed by atoms with Gasteiger partial charge in [0.05, 0.1) is 0 Å². The first kappa shape index (κ1) is 17.3. The summed E-state index contributed by atoms with van der Waals surface area (Å²) in [4.78, 5) is 23.8. The van der Waals surface area contributed by atoms with Gasteiger partial charge in [0.15, 0.2) is 17.8 Å². The molecule has 1 amide bonds. The number of carbonyl (C=O) groups excluding carboxylic acids is 2. The number of amides is 1. The van der Waals surface area contributed by atoms with Crippen molar-refractivity contribution in [2.24, 2.45) is 5.92 Å². The summed E-state index contributed by atoms with van der Waals surface area (Å²) in [5, 5.41) is 2.61. The van der Waals surface area contributed by atoms with Crippen LogP contribution in [0.25, 0.3) is 0 Å². The van der Waals surface area contributed by atoms with Crippen LogP contribution in [0.5, 0.6) is 0 Å². The van der Waals surface area contributed by atoms with E-state index in [0.717, 1.165) is 5.56 Å². The van der Waals surface area contributed by atoms with Gasteiger partial charge >= 0.3 is 0 Å². The van der Waals surface area contributed by atoms with Crippen LogP contribution in [0.2, 0.25) is 0 Å². The molecule has 1 saturated heterocycles. The molecule has 0 bridgehead atoms. The molecule has 1 atom stereocenters.